The maximum Gasteiger partial charge on any atom is 0.241 e. The standard InChI is InChI=1S/C11H19N5O/c1-15-4-3-9(7-15)14-11(17)10(12)8-5-13-16(2)6-8/h5-6,9-10H,3-4,7,12H2,1-2H3,(H,14,17). The molecule has 6 nitrogen and oxygen atoms in total. The predicted molar refractivity (Wildman–Crippen MR) is 64.2 cm³/mol. The number of likely N-dealkylation sites (N-methyl/N-ethyl adjacent to an activating group) is 1. The number of carbonyl (C=O) groups is 1. The first-order valence-electron chi connectivity index (χ1n) is 5.79. The van der Waals surface area contributed by atoms with Crippen molar-refractivity contribution in [2.45, 2.75) is 18.5 Å². The molecule has 2 unspecified atom stereocenters. The van der Waals surface area contributed by atoms with Crippen molar-refractivity contribution < 1.29 is 4.79 Å². The van der Waals surface area contributed by atoms with Crippen molar-refractivity contribution in [2.24, 2.45) is 12.8 Å². The number of nitrogens with zero attached hydrogens (tertiary/aromatic N) is 3. The first-order valence-corrected chi connectivity index (χ1v) is 5.79. The third kappa shape index (κ3) is 2.83. The fraction of sp³-hybridized carbons (Fsp3) is 0.636. The summed E-state index contributed by atoms with van der Waals surface area (Å²) in [6.07, 6.45) is 4.39. The highest BCUT2D eigenvalue weighted by molar-refractivity contribution is 5.83. The highest BCUT2D eigenvalue weighted by Crippen LogP contribution is 2.11. The first-order chi connectivity index (χ1) is 8.06. The van der Waals surface area contributed by atoms with Gasteiger partial charge in [-0.3, -0.25) is 9.48 Å². The fourth-order valence-electron chi connectivity index (χ4n) is 2.10. The number of aryl methyl sites for hydroxylation is 1. The number of carbonyl (C=O) groups excluding carboxylic acids is 1. The first kappa shape index (κ1) is 12.1. The Hall–Kier alpha value is -1.40. The highest BCUT2D eigenvalue weighted by atomic mass is 16.2. The van der Waals surface area contributed by atoms with E-state index in [9.17, 15) is 4.79 Å². The van der Waals surface area contributed by atoms with E-state index in [1.807, 2.05) is 7.05 Å². The predicted octanol–water partition coefficient (Wildman–Crippen LogP) is -0.760. The summed E-state index contributed by atoms with van der Waals surface area (Å²) in [6.45, 7) is 1.92. The molecule has 1 aliphatic rings. The van der Waals surface area contributed by atoms with Crippen LogP contribution in [-0.4, -0.2) is 46.8 Å². The van der Waals surface area contributed by atoms with Gasteiger partial charge in [0, 0.05) is 31.4 Å². The highest BCUT2D eigenvalue weighted by Gasteiger charge is 2.24. The summed E-state index contributed by atoms with van der Waals surface area (Å²) >= 11 is 0. The van der Waals surface area contributed by atoms with Gasteiger partial charge in [0.1, 0.15) is 6.04 Å². The Balaban J connectivity index is 1.91. The van der Waals surface area contributed by atoms with Crippen LogP contribution < -0.4 is 11.1 Å². The fourth-order valence-corrected chi connectivity index (χ4v) is 2.10. The molecule has 2 heterocycles. The summed E-state index contributed by atoms with van der Waals surface area (Å²) < 4.78 is 1.64. The topological polar surface area (TPSA) is 76.2 Å². The minimum absolute atomic E-state index is 0.127. The van der Waals surface area contributed by atoms with E-state index in [1.54, 1.807) is 24.1 Å². The quantitative estimate of drug-likeness (QED) is 0.724. The molecule has 1 saturated heterocycles. The van der Waals surface area contributed by atoms with Crippen LogP contribution in [0.3, 0.4) is 0 Å². The number of rotatable bonds is 3. The lowest BCUT2D eigenvalue weighted by Gasteiger charge is -2.16. The molecule has 94 valence electrons. The van der Waals surface area contributed by atoms with Gasteiger partial charge in [-0.05, 0) is 20.0 Å². The van der Waals surface area contributed by atoms with Crippen LogP contribution in [0.15, 0.2) is 12.4 Å². The Kier molecular flexibility index (Phi) is 3.44. The van der Waals surface area contributed by atoms with Crippen LogP contribution in [0.5, 0.6) is 0 Å². The zero-order valence-corrected chi connectivity index (χ0v) is 10.3. The van der Waals surface area contributed by atoms with Crippen molar-refractivity contribution in [3.63, 3.8) is 0 Å². The third-order valence-electron chi connectivity index (χ3n) is 3.10. The average molecular weight is 237 g/mol. The summed E-state index contributed by atoms with van der Waals surface area (Å²) in [6, 6.07) is -0.412. The minimum atomic E-state index is -0.630. The lowest BCUT2D eigenvalue weighted by molar-refractivity contribution is -0.123. The van der Waals surface area contributed by atoms with Crippen molar-refractivity contribution in [1.82, 2.24) is 20.0 Å². The number of nitrogens with two attached hydrogens (primary N) is 1. The van der Waals surface area contributed by atoms with E-state index in [-0.39, 0.29) is 11.9 Å². The van der Waals surface area contributed by atoms with Crippen molar-refractivity contribution in [3.8, 4) is 0 Å². The van der Waals surface area contributed by atoms with Gasteiger partial charge < -0.3 is 16.0 Å². The minimum Gasteiger partial charge on any atom is -0.350 e. The smallest absolute Gasteiger partial charge is 0.241 e. The Bertz CT molecular complexity index is 402. The molecule has 2 atom stereocenters. The van der Waals surface area contributed by atoms with Crippen molar-refractivity contribution in [2.75, 3.05) is 20.1 Å². The van der Waals surface area contributed by atoms with Gasteiger partial charge in [0.05, 0.1) is 6.20 Å². The number of hydrogen-bond donors (Lipinski definition) is 2. The Labute approximate surface area is 101 Å². The maximum atomic E-state index is 11.9. The number of likely N-dealkylation sites (tertiary alicyclic amines) is 1. The van der Waals surface area contributed by atoms with Crippen LogP contribution in [0.1, 0.15) is 18.0 Å². The monoisotopic (exact) mass is 237 g/mol. The molecule has 3 N–H and O–H groups in total. The second-order valence-corrected chi connectivity index (χ2v) is 4.68. The van der Waals surface area contributed by atoms with Gasteiger partial charge in [0.25, 0.3) is 0 Å². The van der Waals surface area contributed by atoms with Gasteiger partial charge in [0.2, 0.25) is 5.91 Å². The zero-order chi connectivity index (χ0) is 12.4. The Morgan fingerprint density at radius 2 is 2.41 bits per heavy atom. The Morgan fingerprint density at radius 1 is 1.65 bits per heavy atom. The normalized spacial score (nSPS) is 22.6. The summed E-state index contributed by atoms with van der Waals surface area (Å²) in [5.41, 5.74) is 6.63. The third-order valence-corrected chi connectivity index (χ3v) is 3.10. The molecule has 1 fully saturated rings. The van der Waals surface area contributed by atoms with Gasteiger partial charge in [-0.15, -0.1) is 0 Å². The zero-order valence-electron chi connectivity index (χ0n) is 10.3. The van der Waals surface area contributed by atoms with Crippen molar-refractivity contribution >= 4 is 5.91 Å². The van der Waals surface area contributed by atoms with E-state index >= 15 is 0 Å². The summed E-state index contributed by atoms with van der Waals surface area (Å²) in [5.74, 6) is -0.127. The van der Waals surface area contributed by atoms with Crippen LogP contribution in [0, 0.1) is 0 Å². The SMILES string of the molecule is CN1CCC(NC(=O)C(N)c2cnn(C)c2)C1. The molecule has 1 amide bonds. The molecule has 0 radical (unpaired) electrons. The van der Waals surface area contributed by atoms with Crippen molar-refractivity contribution in [1.29, 1.82) is 0 Å². The van der Waals surface area contributed by atoms with Crippen LogP contribution in [0.25, 0.3) is 0 Å². The second kappa shape index (κ2) is 4.85. The largest absolute Gasteiger partial charge is 0.350 e. The van der Waals surface area contributed by atoms with E-state index < -0.39 is 6.04 Å². The molecule has 6 heteroatoms. The molecule has 1 aromatic rings. The average Bonchev–Trinajstić information content (AvgIpc) is 2.87. The van der Waals surface area contributed by atoms with Gasteiger partial charge in [-0.1, -0.05) is 0 Å². The van der Waals surface area contributed by atoms with Crippen LogP contribution in [0.2, 0.25) is 0 Å². The molecular weight excluding hydrogens is 218 g/mol. The maximum absolute atomic E-state index is 11.9. The van der Waals surface area contributed by atoms with Crippen molar-refractivity contribution in [3.05, 3.63) is 18.0 Å². The lowest BCUT2D eigenvalue weighted by atomic mass is 10.1. The van der Waals surface area contributed by atoms with Crippen LogP contribution in [-0.2, 0) is 11.8 Å². The van der Waals surface area contributed by atoms with Gasteiger partial charge in [0.15, 0.2) is 0 Å². The molecule has 0 spiro atoms. The second-order valence-electron chi connectivity index (χ2n) is 4.68. The van der Waals surface area contributed by atoms with E-state index in [0.29, 0.717) is 0 Å². The molecule has 1 aliphatic heterocycles. The number of amides is 1. The van der Waals surface area contributed by atoms with E-state index in [0.717, 1.165) is 25.1 Å². The molecule has 0 aliphatic carbocycles. The summed E-state index contributed by atoms with van der Waals surface area (Å²) in [5, 5.41) is 6.99. The molecule has 0 saturated carbocycles. The number of nitrogens with one attached hydrogen (secondary N) is 1. The van der Waals surface area contributed by atoms with E-state index in [4.69, 9.17) is 5.73 Å². The van der Waals surface area contributed by atoms with Crippen LogP contribution in [0.4, 0.5) is 0 Å². The number of hydrogen-bond acceptors (Lipinski definition) is 4. The molecule has 0 aromatic carbocycles. The molecular formula is C11H19N5O. The van der Waals surface area contributed by atoms with E-state index in [1.165, 1.54) is 0 Å². The Morgan fingerprint density at radius 3 is 2.94 bits per heavy atom. The van der Waals surface area contributed by atoms with E-state index in [2.05, 4.69) is 15.3 Å². The van der Waals surface area contributed by atoms with Gasteiger partial charge in [-0.2, -0.15) is 5.10 Å². The van der Waals surface area contributed by atoms with Crippen LogP contribution >= 0.6 is 0 Å². The summed E-state index contributed by atoms with van der Waals surface area (Å²) in [7, 11) is 3.85. The molecule has 17 heavy (non-hydrogen) atoms. The van der Waals surface area contributed by atoms with Gasteiger partial charge >= 0.3 is 0 Å². The van der Waals surface area contributed by atoms with Gasteiger partial charge in [-0.25, -0.2) is 0 Å². The molecule has 0 bridgehead atoms. The molecule has 1 aromatic heterocycles. The molecule has 2 rings (SSSR count). The number of aromatic nitrogens is 2. The lowest BCUT2D eigenvalue weighted by Crippen LogP contribution is -2.41. The summed E-state index contributed by atoms with van der Waals surface area (Å²) in [4.78, 5) is 14.1.